The molecule has 1 rings (SSSR count). The van der Waals surface area contributed by atoms with Gasteiger partial charge in [0.05, 0.1) is 0 Å². The second kappa shape index (κ2) is 4.95. The molecule has 0 saturated carbocycles. The monoisotopic (exact) mass is 300 g/mol. The van der Waals surface area contributed by atoms with Gasteiger partial charge in [-0.2, -0.15) is 13.2 Å². The van der Waals surface area contributed by atoms with Gasteiger partial charge in [-0.3, -0.25) is 4.79 Å². The lowest BCUT2D eigenvalue weighted by Gasteiger charge is -2.26. The van der Waals surface area contributed by atoms with E-state index in [4.69, 9.17) is 28.9 Å². The number of carbonyl (C=O) groups is 1. The van der Waals surface area contributed by atoms with Gasteiger partial charge in [-0.15, -0.1) is 0 Å². The molecule has 0 aromatic heterocycles. The molecule has 0 saturated heterocycles. The molecule has 3 N–H and O–H groups in total. The minimum atomic E-state index is -4.86. The molecule has 0 aliphatic rings. The van der Waals surface area contributed by atoms with Crippen LogP contribution in [0.25, 0.3) is 0 Å². The smallest absolute Gasteiger partial charge is 0.324 e. The number of hydrogen-bond donors (Lipinski definition) is 2. The lowest BCUT2D eigenvalue weighted by Crippen LogP contribution is -2.59. The summed E-state index contributed by atoms with van der Waals surface area (Å²) in [7, 11) is 0. The van der Waals surface area contributed by atoms with E-state index in [1.54, 1.807) is 0 Å². The SMILES string of the molecule is CC(N)(C(=O)Nc1cc(Cl)cc(Cl)c1)C(F)(F)F. The summed E-state index contributed by atoms with van der Waals surface area (Å²) < 4.78 is 37.5. The van der Waals surface area contributed by atoms with Gasteiger partial charge in [0.1, 0.15) is 0 Å². The molecule has 0 fully saturated rings. The third kappa shape index (κ3) is 3.28. The Morgan fingerprint density at radius 3 is 2.06 bits per heavy atom. The summed E-state index contributed by atoms with van der Waals surface area (Å²) in [4.78, 5) is 11.5. The van der Waals surface area contributed by atoms with E-state index in [2.05, 4.69) is 0 Å². The molecule has 1 aromatic carbocycles. The Bertz CT molecular complexity index is 454. The summed E-state index contributed by atoms with van der Waals surface area (Å²) in [6.45, 7) is 0.578. The van der Waals surface area contributed by atoms with Crippen molar-refractivity contribution in [2.45, 2.75) is 18.6 Å². The lowest BCUT2D eigenvalue weighted by atomic mass is 10.0. The highest BCUT2D eigenvalue weighted by molar-refractivity contribution is 6.35. The van der Waals surface area contributed by atoms with Crippen molar-refractivity contribution in [1.29, 1.82) is 0 Å². The van der Waals surface area contributed by atoms with Crippen molar-refractivity contribution in [3.05, 3.63) is 28.2 Å². The van der Waals surface area contributed by atoms with Gasteiger partial charge in [0.2, 0.25) is 0 Å². The fraction of sp³-hybridized carbons (Fsp3) is 0.300. The predicted molar refractivity (Wildman–Crippen MR) is 63.7 cm³/mol. The van der Waals surface area contributed by atoms with Crippen LogP contribution in [0.5, 0.6) is 0 Å². The number of benzene rings is 1. The minimum absolute atomic E-state index is 0.0402. The summed E-state index contributed by atoms with van der Waals surface area (Å²) >= 11 is 11.3. The molecule has 18 heavy (non-hydrogen) atoms. The summed E-state index contributed by atoms with van der Waals surface area (Å²) in [6.07, 6.45) is -4.86. The average molecular weight is 301 g/mol. The molecule has 8 heteroatoms. The summed E-state index contributed by atoms with van der Waals surface area (Å²) in [5.41, 5.74) is 2.00. The zero-order chi connectivity index (χ0) is 14.1. The number of alkyl halides is 3. The van der Waals surface area contributed by atoms with Crippen LogP contribution >= 0.6 is 23.2 Å². The van der Waals surface area contributed by atoms with E-state index in [1.807, 2.05) is 5.32 Å². The van der Waals surface area contributed by atoms with Crippen molar-refractivity contribution >= 4 is 34.8 Å². The van der Waals surface area contributed by atoms with Gasteiger partial charge in [-0.05, 0) is 25.1 Å². The summed E-state index contributed by atoms with van der Waals surface area (Å²) in [5.74, 6) is -1.40. The maximum atomic E-state index is 12.5. The highest BCUT2D eigenvalue weighted by atomic mass is 35.5. The molecule has 1 aromatic rings. The average Bonchev–Trinajstić information content (AvgIpc) is 2.13. The Morgan fingerprint density at radius 2 is 1.67 bits per heavy atom. The standard InChI is InChI=1S/C10H9Cl2F3N2O/c1-9(16,10(13,14)15)8(18)17-7-3-5(11)2-6(12)4-7/h2-4H,16H2,1H3,(H,17,18). The highest BCUT2D eigenvalue weighted by Gasteiger charge is 2.53. The number of halogens is 5. The van der Waals surface area contributed by atoms with Crippen molar-refractivity contribution in [3.63, 3.8) is 0 Å². The Labute approximate surface area is 111 Å². The van der Waals surface area contributed by atoms with E-state index >= 15 is 0 Å². The van der Waals surface area contributed by atoms with Gasteiger partial charge in [0, 0.05) is 15.7 Å². The quantitative estimate of drug-likeness (QED) is 0.881. The van der Waals surface area contributed by atoms with Crippen LogP contribution < -0.4 is 11.1 Å². The van der Waals surface area contributed by atoms with Crippen LogP contribution in [0.2, 0.25) is 10.0 Å². The number of rotatable bonds is 2. The molecule has 1 atom stereocenters. The summed E-state index contributed by atoms with van der Waals surface area (Å²) in [5, 5.41) is 2.39. The van der Waals surface area contributed by atoms with E-state index in [1.165, 1.54) is 18.2 Å². The van der Waals surface area contributed by atoms with Crippen molar-refractivity contribution in [1.82, 2.24) is 0 Å². The third-order valence-corrected chi connectivity index (χ3v) is 2.62. The normalized spacial score (nSPS) is 15.1. The van der Waals surface area contributed by atoms with Gasteiger partial charge < -0.3 is 11.1 Å². The fourth-order valence-corrected chi connectivity index (χ4v) is 1.54. The number of anilines is 1. The van der Waals surface area contributed by atoms with Crippen LogP contribution in [0, 0.1) is 0 Å². The molecule has 0 bridgehead atoms. The van der Waals surface area contributed by atoms with Crippen LogP contribution in [-0.2, 0) is 4.79 Å². The van der Waals surface area contributed by atoms with Crippen LogP contribution in [0.1, 0.15) is 6.92 Å². The highest BCUT2D eigenvalue weighted by Crippen LogP contribution is 2.30. The second-order valence-corrected chi connectivity index (χ2v) is 4.69. The maximum Gasteiger partial charge on any atom is 0.415 e. The van der Waals surface area contributed by atoms with Gasteiger partial charge >= 0.3 is 6.18 Å². The molecule has 0 radical (unpaired) electrons. The molecule has 3 nitrogen and oxygen atoms in total. The minimum Gasteiger partial charge on any atom is -0.324 e. The maximum absolute atomic E-state index is 12.5. The topological polar surface area (TPSA) is 55.1 Å². The Balaban J connectivity index is 2.95. The van der Waals surface area contributed by atoms with Gasteiger partial charge in [0.15, 0.2) is 5.54 Å². The molecule has 0 heterocycles. The van der Waals surface area contributed by atoms with E-state index in [0.29, 0.717) is 6.92 Å². The van der Waals surface area contributed by atoms with Crippen molar-refractivity contribution in [2.24, 2.45) is 5.73 Å². The van der Waals surface area contributed by atoms with Gasteiger partial charge in [-0.1, -0.05) is 23.2 Å². The molecule has 0 spiro atoms. The first kappa shape index (κ1) is 15.1. The molecule has 1 unspecified atom stereocenters. The number of nitrogens with two attached hydrogens (primary N) is 1. The first-order valence-corrected chi connectivity index (χ1v) is 5.43. The molecule has 0 aliphatic carbocycles. The summed E-state index contributed by atoms with van der Waals surface area (Å²) in [6, 6.07) is 3.90. The second-order valence-electron chi connectivity index (χ2n) is 3.81. The molecule has 100 valence electrons. The zero-order valence-electron chi connectivity index (χ0n) is 9.11. The van der Waals surface area contributed by atoms with Crippen LogP contribution in [0.3, 0.4) is 0 Å². The number of hydrogen-bond acceptors (Lipinski definition) is 2. The predicted octanol–water partition coefficient (Wildman–Crippen LogP) is 3.21. The number of amides is 1. The van der Waals surface area contributed by atoms with Gasteiger partial charge in [-0.25, -0.2) is 0 Å². The number of carbonyl (C=O) groups excluding carboxylic acids is 1. The fourth-order valence-electron chi connectivity index (χ4n) is 1.02. The molecule has 1 amide bonds. The molecular weight excluding hydrogens is 292 g/mol. The Hall–Kier alpha value is -0.980. The first-order chi connectivity index (χ1) is 8.04. The first-order valence-electron chi connectivity index (χ1n) is 4.67. The van der Waals surface area contributed by atoms with Crippen molar-refractivity contribution in [2.75, 3.05) is 5.32 Å². The van der Waals surface area contributed by atoms with Crippen molar-refractivity contribution in [3.8, 4) is 0 Å². The van der Waals surface area contributed by atoms with E-state index in [-0.39, 0.29) is 15.7 Å². The van der Waals surface area contributed by atoms with Crippen LogP contribution in [-0.4, -0.2) is 17.6 Å². The van der Waals surface area contributed by atoms with Gasteiger partial charge in [0.25, 0.3) is 5.91 Å². The molecular formula is C10H9Cl2F3N2O. The number of nitrogens with one attached hydrogen (secondary N) is 1. The molecule has 0 aliphatic heterocycles. The van der Waals surface area contributed by atoms with Crippen LogP contribution in [0.15, 0.2) is 18.2 Å². The van der Waals surface area contributed by atoms with Crippen LogP contribution in [0.4, 0.5) is 18.9 Å². The largest absolute Gasteiger partial charge is 0.415 e. The zero-order valence-corrected chi connectivity index (χ0v) is 10.6. The van der Waals surface area contributed by atoms with E-state index in [9.17, 15) is 18.0 Å². The Morgan fingerprint density at radius 1 is 1.22 bits per heavy atom. The lowest BCUT2D eigenvalue weighted by molar-refractivity contribution is -0.184. The van der Waals surface area contributed by atoms with Crippen molar-refractivity contribution < 1.29 is 18.0 Å². The van der Waals surface area contributed by atoms with E-state index < -0.39 is 17.6 Å². The third-order valence-electron chi connectivity index (χ3n) is 2.18. The Kier molecular flexibility index (Phi) is 4.15. The van der Waals surface area contributed by atoms with E-state index in [0.717, 1.165) is 0 Å².